The molecule has 0 saturated carbocycles. The van der Waals surface area contributed by atoms with Crippen LogP contribution in [0, 0.1) is 11.3 Å². The van der Waals surface area contributed by atoms with E-state index in [0.29, 0.717) is 47.4 Å². The minimum absolute atomic E-state index is 0.00227. The zero-order valence-electron chi connectivity index (χ0n) is 42.3. The Labute approximate surface area is 448 Å². The maximum atomic E-state index is 14.1. The van der Waals surface area contributed by atoms with E-state index in [1.807, 2.05) is 29.0 Å². The maximum absolute atomic E-state index is 14.1. The van der Waals surface area contributed by atoms with E-state index in [9.17, 15) is 24.5 Å². The van der Waals surface area contributed by atoms with Gasteiger partial charge in [-0.3, -0.25) is 28.1 Å². The summed E-state index contributed by atoms with van der Waals surface area (Å²) in [6.07, 6.45) is 0.434. The fourth-order valence-corrected chi connectivity index (χ4v) is 14.2. The lowest BCUT2D eigenvalue weighted by atomic mass is 10.1. The maximum Gasteiger partial charge on any atom is 0.338 e. The van der Waals surface area contributed by atoms with E-state index >= 15 is 0 Å². The van der Waals surface area contributed by atoms with Crippen molar-refractivity contribution in [3.63, 3.8) is 0 Å². The number of hydrogen-bond donors (Lipinski definition) is 1. The smallest absolute Gasteiger partial charge is 0.338 e. The molecule has 2 unspecified atom stereocenters. The summed E-state index contributed by atoms with van der Waals surface area (Å²) < 4.78 is 63.1. The van der Waals surface area contributed by atoms with Crippen LogP contribution in [0.1, 0.15) is 78.8 Å². The molecule has 3 fully saturated rings. The van der Waals surface area contributed by atoms with Crippen LogP contribution >= 0.6 is 13.4 Å². The standard InChI is InChI=1S/C49H57N9O13P2S2Si/c1-49(2,3)76(4,5)71-40-39-36(68-47(40)57-25-33-18-12-20-56(41-37(33)42(57)52-28-51-41)44(59)31-14-8-6-9-15-31)27-66-73(75,64-22-13-19-50)69-35-24-34(26-65-72(62,74)70-39)67-46(35)58-30-53-38-43(58)54-29-55(45(38)60)21-23-63-48(61)32-16-10-7-11-17-32/h6-11,14-17,25,28-30,34-36,39-40,46-47H,12-13,18,20-24,26-27H2,1-5H3,(H,62,74)/t34-,35+,36+,39+,40+,46+,47+,72?,73?/m0/s1. The number of anilines is 1. The average Bonchev–Trinajstić information content (AvgIpc) is 4.21. The number of aryl methyl sites for hydroxylation is 1. The number of fused-ring (bicyclic) bond motifs is 4. The van der Waals surface area contributed by atoms with Gasteiger partial charge in [0.05, 0.1) is 62.2 Å². The Kier molecular flexibility index (Phi) is 15.8. The summed E-state index contributed by atoms with van der Waals surface area (Å²) in [6, 6.07) is 19.6. The van der Waals surface area contributed by atoms with E-state index in [-0.39, 0.29) is 67.9 Å². The molecule has 8 heterocycles. The summed E-state index contributed by atoms with van der Waals surface area (Å²) in [5.41, 5.74) is 1.94. The highest BCUT2D eigenvalue weighted by molar-refractivity contribution is 8.07. The highest BCUT2D eigenvalue weighted by atomic mass is 32.5. The summed E-state index contributed by atoms with van der Waals surface area (Å²) in [4.78, 5) is 72.6. The third-order valence-corrected chi connectivity index (χ3v) is 22.6. The van der Waals surface area contributed by atoms with Crippen molar-refractivity contribution in [1.82, 2.24) is 33.6 Å². The number of benzene rings is 2. The Morgan fingerprint density at radius 1 is 0.895 bits per heavy atom. The topological polar surface area (TPSA) is 248 Å². The summed E-state index contributed by atoms with van der Waals surface area (Å²) in [5, 5.41) is 9.94. The molecule has 1 N–H and O–H groups in total. The highest BCUT2D eigenvalue weighted by Gasteiger charge is 2.55. The molecular formula is C49H57N9O13P2S2Si. The summed E-state index contributed by atoms with van der Waals surface area (Å²) in [5.74, 6) is -0.261. The lowest BCUT2D eigenvalue weighted by Gasteiger charge is -2.41. The van der Waals surface area contributed by atoms with Crippen LogP contribution in [0.5, 0.6) is 0 Å². The monoisotopic (exact) mass is 1130 g/mol. The second-order valence-corrected chi connectivity index (χ2v) is 30.7. The largest absolute Gasteiger partial charge is 0.460 e. The first-order chi connectivity index (χ1) is 36.3. The first kappa shape index (κ1) is 54.4. The third-order valence-electron chi connectivity index (χ3n) is 14.2. The number of amides is 1. The zero-order chi connectivity index (χ0) is 53.6. The first-order valence-corrected chi connectivity index (χ1v) is 32.8. The van der Waals surface area contributed by atoms with Gasteiger partial charge < -0.3 is 46.2 Å². The number of nitrogens with zero attached hydrogens (tertiary/aromatic N) is 9. The summed E-state index contributed by atoms with van der Waals surface area (Å²) in [6.45, 7) is 2.03. The van der Waals surface area contributed by atoms with Crippen molar-refractivity contribution < 1.29 is 55.7 Å². The minimum atomic E-state index is -4.19. The predicted octanol–water partition coefficient (Wildman–Crippen LogP) is 7.25. The van der Waals surface area contributed by atoms with Gasteiger partial charge in [-0.05, 0) is 84.4 Å². The molecule has 4 aromatic heterocycles. The van der Waals surface area contributed by atoms with Crippen molar-refractivity contribution in [2.24, 2.45) is 0 Å². The van der Waals surface area contributed by atoms with Gasteiger partial charge in [0.2, 0.25) is 0 Å². The number of hydrogen-bond acceptors (Lipinski definition) is 19. The molecule has 0 spiro atoms. The molecule has 4 aliphatic rings. The molecule has 0 aliphatic carbocycles. The van der Waals surface area contributed by atoms with Crippen molar-refractivity contribution in [3.8, 4) is 6.07 Å². The molecule has 6 aromatic rings. The molecule has 0 radical (unpaired) electrons. The van der Waals surface area contributed by atoms with Gasteiger partial charge in [0.15, 0.2) is 31.9 Å². The van der Waals surface area contributed by atoms with Crippen LogP contribution in [-0.4, -0.2) is 122 Å². The number of carbonyl (C=O) groups excluding carboxylic acids is 2. The van der Waals surface area contributed by atoms with Crippen LogP contribution in [0.3, 0.4) is 0 Å². The quantitative estimate of drug-likeness (QED) is 0.0548. The number of carbonyl (C=O) groups is 2. The SMILES string of the molecule is CC(C)(C)[Si](C)(C)O[C@@H]1[C@@H]2OP(O)(=S)OC[C@@H]3C[C@@H](OP(=S)(OCCC#N)OC[C@H]2O[C@H]1n1cc2c4c(ncnc41)N(C(=O)c1ccccc1)CCC2)[C@H](n1cnc2c(=O)n(CCOC(=O)c4ccccc4)cnc21)O3. The van der Waals surface area contributed by atoms with E-state index < -0.39 is 76.3 Å². The minimum Gasteiger partial charge on any atom is -0.460 e. The summed E-state index contributed by atoms with van der Waals surface area (Å²) in [7, 11) is -2.74. The number of ether oxygens (including phenoxy) is 3. The van der Waals surface area contributed by atoms with Gasteiger partial charge in [0.25, 0.3) is 11.5 Å². The molecule has 22 nitrogen and oxygen atoms in total. The van der Waals surface area contributed by atoms with E-state index in [4.69, 9.17) is 69.9 Å². The molecule has 4 aliphatic heterocycles. The number of nitriles is 1. The molecule has 76 heavy (non-hydrogen) atoms. The second kappa shape index (κ2) is 22.0. The molecule has 27 heteroatoms. The van der Waals surface area contributed by atoms with Crippen molar-refractivity contribution in [2.75, 3.05) is 37.9 Å². The third kappa shape index (κ3) is 11.2. The van der Waals surface area contributed by atoms with E-state index in [2.05, 4.69) is 54.9 Å². The molecule has 3 saturated heterocycles. The molecule has 9 atom stereocenters. The lowest BCUT2D eigenvalue weighted by Crippen LogP contribution is -2.49. The van der Waals surface area contributed by atoms with Gasteiger partial charge in [-0.2, -0.15) is 5.26 Å². The number of aromatic nitrogens is 7. The molecule has 2 bridgehead atoms. The van der Waals surface area contributed by atoms with Crippen LogP contribution in [0.15, 0.2) is 90.6 Å². The van der Waals surface area contributed by atoms with Crippen LogP contribution in [0.2, 0.25) is 18.1 Å². The molecule has 402 valence electrons. The zero-order valence-corrected chi connectivity index (χ0v) is 46.7. The van der Waals surface area contributed by atoms with Crippen molar-refractivity contribution in [3.05, 3.63) is 113 Å². The van der Waals surface area contributed by atoms with E-state index in [0.717, 1.165) is 5.56 Å². The Balaban J connectivity index is 0.971. The average molecular weight is 1130 g/mol. The van der Waals surface area contributed by atoms with Crippen LogP contribution in [-0.2, 0) is 77.8 Å². The number of esters is 1. The number of rotatable bonds is 12. The van der Waals surface area contributed by atoms with Crippen LogP contribution < -0.4 is 10.5 Å². The van der Waals surface area contributed by atoms with Crippen molar-refractivity contribution >= 4 is 85.3 Å². The Bertz CT molecular complexity index is 3340. The molecular weight excluding hydrogens is 1080 g/mol. The molecule has 2 aromatic carbocycles. The predicted molar refractivity (Wildman–Crippen MR) is 286 cm³/mol. The Morgan fingerprint density at radius 3 is 2.38 bits per heavy atom. The van der Waals surface area contributed by atoms with Crippen LogP contribution in [0.25, 0.3) is 22.2 Å². The van der Waals surface area contributed by atoms with E-state index in [1.54, 1.807) is 47.4 Å². The Morgan fingerprint density at radius 2 is 1.64 bits per heavy atom. The van der Waals surface area contributed by atoms with Gasteiger partial charge in [-0.1, -0.05) is 57.2 Å². The summed E-state index contributed by atoms with van der Waals surface area (Å²) >= 11 is 11.9. The van der Waals surface area contributed by atoms with Crippen molar-refractivity contribution in [2.45, 2.75) is 114 Å². The van der Waals surface area contributed by atoms with Gasteiger partial charge in [0.1, 0.15) is 55.1 Å². The lowest BCUT2D eigenvalue weighted by molar-refractivity contribution is -0.0617. The van der Waals surface area contributed by atoms with Gasteiger partial charge in [-0.25, -0.2) is 24.7 Å². The first-order valence-electron chi connectivity index (χ1n) is 24.8. The van der Waals surface area contributed by atoms with Crippen LogP contribution in [0.4, 0.5) is 5.82 Å². The fraction of sp³-hybridized carbons (Fsp3) is 0.469. The Hall–Kier alpha value is -5.00. The normalized spacial score (nSPS) is 27.2. The van der Waals surface area contributed by atoms with Gasteiger partial charge >= 0.3 is 19.4 Å². The van der Waals surface area contributed by atoms with Gasteiger partial charge in [-0.15, -0.1) is 0 Å². The molecule has 1 amide bonds. The highest BCUT2D eigenvalue weighted by Crippen LogP contribution is 2.57. The number of imidazole rings is 1. The van der Waals surface area contributed by atoms with E-state index in [1.165, 1.54) is 28.1 Å². The molecule has 10 rings (SSSR count). The second-order valence-electron chi connectivity index (χ2n) is 20.2. The fourth-order valence-electron chi connectivity index (χ4n) is 9.38. The van der Waals surface area contributed by atoms with Crippen molar-refractivity contribution in [1.29, 1.82) is 5.26 Å². The van der Waals surface area contributed by atoms with Gasteiger partial charge in [0, 0.05) is 24.7 Å².